The minimum Gasteiger partial charge on any atom is -0.462 e. The SMILES string of the molecule is CCCCCCCCCCCCCCCCCCCCCCCCCCCCCCCCCCC(=O)OCC(COC(=O)CCCCCCC)OC(=O)CCCCCCCCCC. The van der Waals surface area contributed by atoms with Crippen molar-refractivity contribution >= 4 is 17.9 Å². The standard InChI is InChI=1S/C57H110O6/c1-4-7-10-13-15-17-18-19-20-21-22-23-24-25-26-27-28-29-30-31-32-33-34-35-36-37-38-39-40-42-44-47-50-56(59)62-53-54(52-61-55(58)49-46-43-12-9-6-3)63-57(60)51-48-45-41-16-14-11-8-5-2/h54H,4-53H2,1-3H3. The maximum Gasteiger partial charge on any atom is 0.306 e. The van der Waals surface area contributed by atoms with Crippen LogP contribution in [0.4, 0.5) is 0 Å². The number of hydrogen-bond donors (Lipinski definition) is 0. The van der Waals surface area contributed by atoms with Crippen LogP contribution >= 0.6 is 0 Å². The van der Waals surface area contributed by atoms with Gasteiger partial charge in [-0.3, -0.25) is 14.4 Å². The van der Waals surface area contributed by atoms with Crippen LogP contribution in [0.2, 0.25) is 0 Å². The van der Waals surface area contributed by atoms with Crippen LogP contribution in [0.1, 0.15) is 329 Å². The van der Waals surface area contributed by atoms with Crippen molar-refractivity contribution in [3.05, 3.63) is 0 Å². The van der Waals surface area contributed by atoms with Gasteiger partial charge in [0.25, 0.3) is 0 Å². The molecule has 0 heterocycles. The van der Waals surface area contributed by atoms with Crippen LogP contribution in [0.5, 0.6) is 0 Å². The highest BCUT2D eigenvalue weighted by Crippen LogP contribution is 2.18. The summed E-state index contributed by atoms with van der Waals surface area (Å²) in [5, 5.41) is 0. The molecule has 0 aliphatic heterocycles. The highest BCUT2D eigenvalue weighted by Gasteiger charge is 2.19. The van der Waals surface area contributed by atoms with Crippen LogP contribution in [0.25, 0.3) is 0 Å². The quantitative estimate of drug-likeness (QED) is 0.0344. The Hall–Kier alpha value is -1.59. The van der Waals surface area contributed by atoms with Gasteiger partial charge in [0.2, 0.25) is 0 Å². The molecule has 0 rings (SSSR count). The zero-order valence-corrected chi connectivity index (χ0v) is 42.9. The van der Waals surface area contributed by atoms with Crippen molar-refractivity contribution in [3.63, 3.8) is 0 Å². The number of carbonyl (C=O) groups excluding carboxylic acids is 3. The third-order valence-corrected chi connectivity index (χ3v) is 13.1. The maximum atomic E-state index is 12.6. The van der Waals surface area contributed by atoms with Gasteiger partial charge in [0.15, 0.2) is 6.10 Å². The average molecular weight is 892 g/mol. The van der Waals surface area contributed by atoms with E-state index in [1.807, 2.05) is 0 Å². The highest BCUT2D eigenvalue weighted by molar-refractivity contribution is 5.71. The molecule has 0 aromatic carbocycles. The summed E-state index contributed by atoms with van der Waals surface area (Å²) in [7, 11) is 0. The molecule has 1 unspecified atom stereocenters. The van der Waals surface area contributed by atoms with Gasteiger partial charge in [0.05, 0.1) is 0 Å². The Labute approximate surface area is 393 Å². The lowest BCUT2D eigenvalue weighted by Gasteiger charge is -2.18. The fourth-order valence-electron chi connectivity index (χ4n) is 8.80. The summed E-state index contributed by atoms with van der Waals surface area (Å²) < 4.78 is 16.6. The summed E-state index contributed by atoms with van der Waals surface area (Å²) in [6.07, 6.45) is 59.1. The number of carbonyl (C=O) groups is 3. The van der Waals surface area contributed by atoms with Gasteiger partial charge in [-0.2, -0.15) is 0 Å². The molecule has 0 bridgehead atoms. The minimum absolute atomic E-state index is 0.0641. The van der Waals surface area contributed by atoms with E-state index in [4.69, 9.17) is 14.2 Å². The Morgan fingerprint density at radius 1 is 0.254 bits per heavy atom. The number of ether oxygens (including phenoxy) is 3. The van der Waals surface area contributed by atoms with Gasteiger partial charge in [0.1, 0.15) is 13.2 Å². The van der Waals surface area contributed by atoms with Crippen molar-refractivity contribution in [1.82, 2.24) is 0 Å². The zero-order chi connectivity index (χ0) is 45.8. The lowest BCUT2D eigenvalue weighted by molar-refractivity contribution is -0.167. The Morgan fingerprint density at radius 3 is 0.635 bits per heavy atom. The molecule has 0 N–H and O–H groups in total. The second kappa shape index (κ2) is 53.0. The molecular weight excluding hydrogens is 781 g/mol. The molecule has 63 heavy (non-hydrogen) atoms. The van der Waals surface area contributed by atoms with E-state index >= 15 is 0 Å². The fraction of sp³-hybridized carbons (Fsp3) is 0.947. The largest absolute Gasteiger partial charge is 0.462 e. The molecule has 0 fully saturated rings. The monoisotopic (exact) mass is 891 g/mol. The van der Waals surface area contributed by atoms with E-state index in [0.29, 0.717) is 19.3 Å². The summed E-state index contributed by atoms with van der Waals surface area (Å²) in [4.78, 5) is 37.5. The van der Waals surface area contributed by atoms with Crippen LogP contribution < -0.4 is 0 Å². The van der Waals surface area contributed by atoms with Crippen molar-refractivity contribution in [2.75, 3.05) is 13.2 Å². The van der Waals surface area contributed by atoms with E-state index in [-0.39, 0.29) is 31.1 Å². The summed E-state index contributed by atoms with van der Waals surface area (Å²) in [6, 6.07) is 0. The summed E-state index contributed by atoms with van der Waals surface area (Å²) >= 11 is 0. The Morgan fingerprint density at radius 2 is 0.429 bits per heavy atom. The van der Waals surface area contributed by atoms with E-state index < -0.39 is 6.10 Å². The van der Waals surface area contributed by atoms with Crippen molar-refractivity contribution < 1.29 is 28.6 Å². The lowest BCUT2D eigenvalue weighted by Crippen LogP contribution is -2.30. The summed E-state index contributed by atoms with van der Waals surface area (Å²) in [5.41, 5.74) is 0. The van der Waals surface area contributed by atoms with E-state index in [2.05, 4.69) is 20.8 Å². The molecule has 0 spiro atoms. The Kier molecular flexibility index (Phi) is 51.7. The van der Waals surface area contributed by atoms with E-state index in [9.17, 15) is 14.4 Å². The number of hydrogen-bond acceptors (Lipinski definition) is 6. The molecule has 374 valence electrons. The van der Waals surface area contributed by atoms with E-state index in [1.54, 1.807) is 0 Å². The topological polar surface area (TPSA) is 78.9 Å². The lowest BCUT2D eigenvalue weighted by atomic mass is 10.0. The van der Waals surface area contributed by atoms with Crippen LogP contribution in [-0.4, -0.2) is 37.2 Å². The second-order valence-corrected chi connectivity index (χ2v) is 19.6. The van der Waals surface area contributed by atoms with Gasteiger partial charge in [-0.1, -0.05) is 290 Å². The maximum absolute atomic E-state index is 12.6. The van der Waals surface area contributed by atoms with Crippen molar-refractivity contribution in [2.45, 2.75) is 335 Å². The molecule has 1 atom stereocenters. The van der Waals surface area contributed by atoms with Gasteiger partial charge < -0.3 is 14.2 Å². The van der Waals surface area contributed by atoms with Gasteiger partial charge in [-0.05, 0) is 19.3 Å². The molecule has 6 nitrogen and oxygen atoms in total. The van der Waals surface area contributed by atoms with E-state index in [0.717, 1.165) is 64.2 Å². The Bertz CT molecular complexity index is 936. The molecule has 0 aromatic rings. The van der Waals surface area contributed by atoms with Crippen LogP contribution in [0, 0.1) is 0 Å². The highest BCUT2D eigenvalue weighted by atomic mass is 16.6. The number of esters is 3. The second-order valence-electron chi connectivity index (χ2n) is 19.6. The number of rotatable bonds is 53. The Balaban J connectivity index is 3.74. The molecule has 0 saturated carbocycles. The normalized spacial score (nSPS) is 11.9. The van der Waals surface area contributed by atoms with Gasteiger partial charge in [0, 0.05) is 19.3 Å². The predicted octanol–water partition coefficient (Wildman–Crippen LogP) is 18.8. The first-order valence-electron chi connectivity index (χ1n) is 28.5. The summed E-state index contributed by atoms with van der Waals surface area (Å²) in [6.45, 7) is 6.57. The van der Waals surface area contributed by atoms with Crippen LogP contribution in [0.3, 0.4) is 0 Å². The average Bonchev–Trinajstić information content (AvgIpc) is 3.28. The third-order valence-electron chi connectivity index (χ3n) is 13.1. The minimum atomic E-state index is -0.757. The van der Waals surface area contributed by atoms with E-state index in [1.165, 1.54) is 225 Å². The predicted molar refractivity (Wildman–Crippen MR) is 270 cm³/mol. The van der Waals surface area contributed by atoms with Crippen molar-refractivity contribution in [3.8, 4) is 0 Å². The molecule has 0 aliphatic rings. The van der Waals surface area contributed by atoms with Crippen LogP contribution in [0.15, 0.2) is 0 Å². The van der Waals surface area contributed by atoms with Gasteiger partial charge in [-0.25, -0.2) is 0 Å². The molecule has 6 heteroatoms. The van der Waals surface area contributed by atoms with Crippen molar-refractivity contribution in [2.24, 2.45) is 0 Å². The first kappa shape index (κ1) is 61.4. The summed E-state index contributed by atoms with van der Waals surface area (Å²) in [5.74, 6) is -0.866. The fourth-order valence-corrected chi connectivity index (χ4v) is 8.80. The molecule has 0 radical (unpaired) electrons. The first-order chi connectivity index (χ1) is 31.0. The molecule has 0 amide bonds. The first-order valence-corrected chi connectivity index (χ1v) is 28.5. The molecular formula is C57H110O6. The smallest absolute Gasteiger partial charge is 0.306 e. The third kappa shape index (κ3) is 51.3. The van der Waals surface area contributed by atoms with Crippen LogP contribution in [-0.2, 0) is 28.6 Å². The number of unbranched alkanes of at least 4 members (excludes halogenated alkanes) is 42. The zero-order valence-electron chi connectivity index (χ0n) is 42.9. The van der Waals surface area contributed by atoms with Crippen molar-refractivity contribution in [1.29, 1.82) is 0 Å². The van der Waals surface area contributed by atoms with Gasteiger partial charge in [-0.15, -0.1) is 0 Å². The van der Waals surface area contributed by atoms with Gasteiger partial charge >= 0.3 is 17.9 Å². The molecule has 0 aromatic heterocycles. The molecule has 0 aliphatic carbocycles. The molecule has 0 saturated heterocycles.